The van der Waals surface area contributed by atoms with Gasteiger partial charge in [0.2, 0.25) is 0 Å². The molecule has 1 atom stereocenters. The van der Waals surface area contributed by atoms with Crippen molar-refractivity contribution < 1.29 is 49.5 Å². The molecule has 0 aliphatic heterocycles. The summed E-state index contributed by atoms with van der Waals surface area (Å²) in [6, 6.07) is 15.5. The summed E-state index contributed by atoms with van der Waals surface area (Å²) in [6.07, 6.45) is 5.77. The molecule has 0 fully saturated rings. The van der Waals surface area contributed by atoms with Crippen LogP contribution in [0.15, 0.2) is 67.9 Å². The summed E-state index contributed by atoms with van der Waals surface area (Å²) in [7, 11) is 0. The normalized spacial score (nSPS) is 17.7. The predicted octanol–water partition coefficient (Wildman–Crippen LogP) is -0.670. The molecular formula is C18H12BrCl2Zr. The Kier molecular flexibility index (Phi) is 5.94. The maximum Gasteiger partial charge on any atom is -1.00 e. The van der Waals surface area contributed by atoms with Crippen LogP contribution in [0, 0.1) is 0 Å². The van der Waals surface area contributed by atoms with Crippen LogP contribution in [0.4, 0.5) is 0 Å². The van der Waals surface area contributed by atoms with Crippen molar-refractivity contribution in [3.8, 4) is 11.1 Å². The van der Waals surface area contributed by atoms with Crippen LogP contribution >= 0.6 is 15.9 Å². The van der Waals surface area contributed by atoms with Gasteiger partial charge in [-0.05, 0) is 0 Å². The van der Waals surface area contributed by atoms with Crippen molar-refractivity contribution in [2.24, 2.45) is 0 Å². The van der Waals surface area contributed by atoms with Crippen molar-refractivity contribution in [1.82, 2.24) is 0 Å². The van der Waals surface area contributed by atoms with E-state index in [2.05, 4.69) is 70.5 Å². The number of allylic oxidation sites excluding steroid dienone is 4. The predicted molar refractivity (Wildman–Crippen MR) is 82.2 cm³/mol. The number of hydrogen-bond donors (Lipinski definition) is 0. The third kappa shape index (κ3) is 2.84. The van der Waals surface area contributed by atoms with E-state index in [0.717, 1.165) is 6.42 Å². The topological polar surface area (TPSA) is 0 Å². The number of hydrogen-bond acceptors (Lipinski definition) is 0. The largest absolute Gasteiger partial charge is 1.00 e. The zero-order valence-corrected chi connectivity index (χ0v) is 17.2. The molecule has 4 rings (SSSR count). The van der Waals surface area contributed by atoms with Crippen LogP contribution in [-0.4, -0.2) is 0 Å². The van der Waals surface area contributed by atoms with E-state index in [1.165, 1.54) is 32.3 Å². The van der Waals surface area contributed by atoms with Gasteiger partial charge in [0.05, 0.1) is 0 Å². The van der Waals surface area contributed by atoms with Crippen molar-refractivity contribution in [3.63, 3.8) is 0 Å². The van der Waals surface area contributed by atoms with Gasteiger partial charge >= 0.3 is 143 Å². The maximum absolute atomic E-state index is 3.63. The standard InChI is InChI=1S/C18H12Br.2ClH.Zr/c19-13-9-10-15-14-7-3-4-8-16(14)18(17(15)11-13)12-5-1-2-6-12;;;/h1,3-5,7-11,18H,2H2;2*1H;/q;;;+2/p-2. The van der Waals surface area contributed by atoms with Gasteiger partial charge in [-0.3, -0.25) is 0 Å². The molecule has 0 saturated heterocycles. The van der Waals surface area contributed by atoms with Gasteiger partial charge in [0.25, 0.3) is 0 Å². The van der Waals surface area contributed by atoms with Crippen LogP contribution in [0.25, 0.3) is 11.1 Å². The molecule has 0 heterocycles. The third-order valence-corrected chi connectivity index (χ3v) is 5.87. The van der Waals surface area contributed by atoms with E-state index in [4.69, 9.17) is 0 Å². The molecule has 109 valence electrons. The van der Waals surface area contributed by atoms with Crippen LogP contribution in [-0.2, 0) is 24.7 Å². The van der Waals surface area contributed by atoms with E-state index in [9.17, 15) is 0 Å². The van der Waals surface area contributed by atoms with Crippen LogP contribution < -0.4 is 24.8 Å². The summed E-state index contributed by atoms with van der Waals surface area (Å²) in [4.78, 5) is 0. The third-order valence-electron chi connectivity index (χ3n) is 4.17. The Hall–Kier alpha value is -0.137. The second-order valence-corrected chi connectivity index (χ2v) is 7.69. The van der Waals surface area contributed by atoms with E-state index in [1.54, 1.807) is 28.0 Å². The first-order valence-corrected chi connectivity index (χ1v) is 8.78. The SMILES string of the molecule is Brc1ccc2c(c1)C(C1=[C]([Zr+2])CC=C1)c1ccccc1-2.[Cl-].[Cl-]. The van der Waals surface area contributed by atoms with Crippen LogP contribution in [0.2, 0.25) is 0 Å². The summed E-state index contributed by atoms with van der Waals surface area (Å²) in [6.45, 7) is 0. The Balaban J connectivity index is 0.000000882. The maximum atomic E-state index is 3.63. The van der Waals surface area contributed by atoms with Gasteiger partial charge in [-0.2, -0.15) is 0 Å². The minimum Gasteiger partial charge on any atom is -1.00 e. The zero-order chi connectivity index (χ0) is 13.7. The first-order valence-electron chi connectivity index (χ1n) is 6.75. The van der Waals surface area contributed by atoms with Gasteiger partial charge in [-0.25, -0.2) is 0 Å². The number of halogens is 3. The number of rotatable bonds is 1. The molecule has 0 amide bonds. The first kappa shape index (κ1) is 18.2. The second kappa shape index (κ2) is 7.18. The Morgan fingerprint density at radius 3 is 2.41 bits per heavy atom. The van der Waals surface area contributed by atoms with Crippen LogP contribution in [0.5, 0.6) is 0 Å². The summed E-state index contributed by atoms with van der Waals surface area (Å²) >= 11 is 5.18. The smallest absolute Gasteiger partial charge is 1.00 e. The molecule has 2 aromatic carbocycles. The Labute approximate surface area is 166 Å². The van der Waals surface area contributed by atoms with Gasteiger partial charge in [0, 0.05) is 0 Å². The van der Waals surface area contributed by atoms with E-state index >= 15 is 0 Å². The Morgan fingerprint density at radius 2 is 1.68 bits per heavy atom. The molecule has 0 N–H and O–H groups in total. The average Bonchev–Trinajstić information content (AvgIpc) is 2.99. The molecule has 0 spiro atoms. The fraction of sp³-hybridized carbons (Fsp3) is 0.111. The molecule has 2 aromatic rings. The second-order valence-electron chi connectivity index (χ2n) is 5.29. The molecule has 2 aliphatic rings. The minimum absolute atomic E-state index is 0. The summed E-state index contributed by atoms with van der Waals surface area (Å²) in [5.74, 6) is 0.423. The van der Waals surface area contributed by atoms with Crippen molar-refractivity contribution >= 4 is 15.9 Å². The fourth-order valence-electron chi connectivity index (χ4n) is 3.31. The molecule has 0 radical (unpaired) electrons. The van der Waals surface area contributed by atoms with Crippen molar-refractivity contribution in [2.45, 2.75) is 12.3 Å². The quantitative estimate of drug-likeness (QED) is 0.519. The van der Waals surface area contributed by atoms with E-state index in [0.29, 0.717) is 5.92 Å². The minimum atomic E-state index is 0. The molecule has 2 aliphatic carbocycles. The van der Waals surface area contributed by atoms with Gasteiger partial charge in [0.15, 0.2) is 0 Å². The molecule has 4 heteroatoms. The van der Waals surface area contributed by atoms with Gasteiger partial charge in [-0.1, -0.05) is 0 Å². The van der Waals surface area contributed by atoms with Crippen molar-refractivity contribution in [3.05, 3.63) is 79.1 Å². The average molecular weight is 470 g/mol. The number of fused-ring (bicyclic) bond motifs is 3. The van der Waals surface area contributed by atoms with Crippen LogP contribution in [0.1, 0.15) is 23.5 Å². The summed E-state index contributed by atoms with van der Waals surface area (Å²) in [5, 5.41) is 0. The summed E-state index contributed by atoms with van der Waals surface area (Å²) < 4.78 is 2.76. The number of benzene rings is 2. The van der Waals surface area contributed by atoms with Crippen molar-refractivity contribution in [2.75, 3.05) is 0 Å². The molecule has 0 nitrogen and oxygen atoms in total. The molecule has 0 aromatic heterocycles. The van der Waals surface area contributed by atoms with Gasteiger partial charge < -0.3 is 24.8 Å². The Morgan fingerprint density at radius 1 is 0.955 bits per heavy atom. The molecular weight excluding hydrogens is 458 g/mol. The first-order chi connectivity index (χ1) is 9.75. The molecule has 1 unspecified atom stereocenters. The van der Waals surface area contributed by atoms with Gasteiger partial charge in [-0.15, -0.1) is 0 Å². The molecule has 0 saturated carbocycles. The zero-order valence-electron chi connectivity index (χ0n) is 11.6. The summed E-state index contributed by atoms with van der Waals surface area (Å²) in [5.41, 5.74) is 7.22. The van der Waals surface area contributed by atoms with E-state index in [-0.39, 0.29) is 24.8 Å². The Bertz CT molecular complexity index is 780. The van der Waals surface area contributed by atoms with E-state index in [1.807, 2.05) is 0 Å². The molecule has 22 heavy (non-hydrogen) atoms. The van der Waals surface area contributed by atoms with Gasteiger partial charge in [0.1, 0.15) is 0 Å². The van der Waals surface area contributed by atoms with E-state index < -0.39 is 0 Å². The van der Waals surface area contributed by atoms with Crippen LogP contribution in [0.3, 0.4) is 0 Å². The fourth-order valence-corrected chi connectivity index (χ4v) is 4.54. The molecule has 0 bridgehead atoms. The van der Waals surface area contributed by atoms with Crippen molar-refractivity contribution in [1.29, 1.82) is 0 Å². The monoisotopic (exact) mass is 467 g/mol.